The first-order chi connectivity index (χ1) is 33.3. The average molecular weight is 971 g/mol. The van der Waals surface area contributed by atoms with Crippen LogP contribution in [0.5, 0.6) is 0 Å². The van der Waals surface area contributed by atoms with E-state index < -0.39 is 17.5 Å². The van der Waals surface area contributed by atoms with Gasteiger partial charge in [-0.2, -0.15) is 0 Å². The number of fused-ring (bicyclic) bond motifs is 6. The van der Waals surface area contributed by atoms with Crippen LogP contribution in [-0.4, -0.2) is 94.3 Å². The van der Waals surface area contributed by atoms with Crippen molar-refractivity contribution in [2.45, 2.75) is 235 Å². The molecule has 13 nitrogen and oxygen atoms in total. The van der Waals surface area contributed by atoms with Crippen LogP contribution in [0.3, 0.4) is 0 Å². The third-order valence-corrected chi connectivity index (χ3v) is 17.0. The summed E-state index contributed by atoms with van der Waals surface area (Å²) in [5, 5.41) is 9.60. The van der Waals surface area contributed by atoms with Crippen molar-refractivity contribution in [2.24, 2.45) is 0 Å². The number of aromatic carboxylic acids is 1. The molecular weight excluding hydrogens is 892 g/mol. The number of para-hydroxylation sites is 4. The van der Waals surface area contributed by atoms with Gasteiger partial charge < -0.3 is 24.5 Å². The number of carboxylic acids is 1. The first-order valence-corrected chi connectivity index (χ1v) is 27.3. The maximum Gasteiger partial charge on any atom is 1.00 e. The molecule has 70 heavy (non-hydrogen) atoms. The molecule has 14 heteroatoms. The van der Waals surface area contributed by atoms with Gasteiger partial charge in [-0.3, -0.25) is 19.4 Å². The summed E-state index contributed by atoms with van der Waals surface area (Å²) in [6, 6.07) is 18.7. The molecule has 6 atom stereocenters. The first kappa shape index (κ1) is 54.3. The number of hydrogen-bond donors (Lipinski definition) is 1. The number of hydrogen-bond acceptors (Lipinski definition) is 10. The molecule has 2 unspecified atom stereocenters. The third-order valence-electron chi connectivity index (χ3n) is 17.0. The summed E-state index contributed by atoms with van der Waals surface area (Å²) in [4.78, 5) is 65.4. The number of esters is 1. The Bertz CT molecular complexity index is 2430. The maximum absolute atomic E-state index is 13.6. The van der Waals surface area contributed by atoms with Crippen molar-refractivity contribution < 1.29 is 54.5 Å². The van der Waals surface area contributed by atoms with E-state index in [4.69, 9.17) is 4.74 Å². The molecule has 4 aliphatic heterocycles. The predicted molar refractivity (Wildman–Crippen MR) is 271 cm³/mol. The van der Waals surface area contributed by atoms with Crippen LogP contribution < -0.4 is 40.7 Å². The number of nitrogens with zero attached hydrogens (tertiary/aromatic N) is 6. The summed E-state index contributed by atoms with van der Waals surface area (Å²) in [5.41, 5.74) is 1.69. The fourth-order valence-electron chi connectivity index (χ4n) is 14.0. The van der Waals surface area contributed by atoms with Crippen LogP contribution in [0.15, 0.2) is 58.1 Å². The van der Waals surface area contributed by atoms with E-state index in [2.05, 4.69) is 19.8 Å². The summed E-state index contributed by atoms with van der Waals surface area (Å²) in [6.45, 7) is 1.99. The van der Waals surface area contributed by atoms with Gasteiger partial charge in [0, 0.05) is 48.3 Å². The Morgan fingerprint density at radius 2 is 0.829 bits per heavy atom. The van der Waals surface area contributed by atoms with Gasteiger partial charge in [-0.05, 0) is 108 Å². The molecule has 2 N–H and O–H groups in total. The summed E-state index contributed by atoms with van der Waals surface area (Å²) in [6.07, 6.45) is 35.9. The molecule has 2 saturated carbocycles. The van der Waals surface area contributed by atoms with Gasteiger partial charge in [-0.1, -0.05) is 127 Å². The van der Waals surface area contributed by atoms with Gasteiger partial charge in [0.25, 0.3) is 11.1 Å². The molecule has 6 heterocycles. The molecule has 0 spiro atoms. The van der Waals surface area contributed by atoms with Gasteiger partial charge in [0.15, 0.2) is 0 Å². The molecule has 6 aliphatic rings. The second-order valence-electron chi connectivity index (χ2n) is 21.3. The molecular formula is C56H79N6NaO7. The van der Waals surface area contributed by atoms with Crippen LogP contribution in [0.25, 0.3) is 22.1 Å². The van der Waals surface area contributed by atoms with Gasteiger partial charge in [0.2, 0.25) is 11.4 Å². The Kier molecular flexibility index (Phi) is 20.1. The number of carboxylic acid groups (broad SMARTS) is 1. The normalized spacial score (nSPS) is 26.6. The minimum atomic E-state index is -1.24. The van der Waals surface area contributed by atoms with E-state index in [1.165, 1.54) is 154 Å². The molecule has 4 aromatic rings. The largest absolute Gasteiger partial charge is 1.00 e. The smallest absolute Gasteiger partial charge is 0.870 e. The first-order valence-electron chi connectivity index (χ1n) is 27.3. The van der Waals surface area contributed by atoms with Crippen LogP contribution in [-0.2, 0) is 4.74 Å². The average Bonchev–Trinajstić information content (AvgIpc) is 3.70. The number of benzene rings is 2. The van der Waals surface area contributed by atoms with Crippen LogP contribution in [0.2, 0.25) is 0 Å². The minimum Gasteiger partial charge on any atom is -0.870 e. The van der Waals surface area contributed by atoms with E-state index in [1.54, 1.807) is 11.5 Å². The fourth-order valence-corrected chi connectivity index (χ4v) is 14.0. The van der Waals surface area contributed by atoms with Crippen molar-refractivity contribution >= 4 is 34.0 Å². The van der Waals surface area contributed by atoms with Crippen LogP contribution >= 0.6 is 0 Å². The SMILES string of the molecule is CCOC(=O)c1nc2ccccc2n(C2C[C@H]3CC[C@@H](C2)N3C2CCCCCCCCCC2)c1=O.O=C(O)c1nc2ccccc2n(C2C[C@H]3CC[C@@H](C2)N3C2CCCCCCCCCC2)c1=O.[Na+].[OH-]. The summed E-state index contributed by atoms with van der Waals surface area (Å²) in [7, 11) is 0. The molecule has 0 radical (unpaired) electrons. The van der Waals surface area contributed by atoms with Crippen molar-refractivity contribution in [3.05, 3.63) is 80.6 Å². The van der Waals surface area contributed by atoms with Gasteiger partial charge >= 0.3 is 41.5 Å². The molecule has 2 aromatic carbocycles. The molecule has 4 bridgehead atoms. The Labute approximate surface area is 437 Å². The molecule has 2 aromatic heterocycles. The molecule has 10 rings (SSSR count). The van der Waals surface area contributed by atoms with Crippen LogP contribution in [0.1, 0.15) is 220 Å². The molecule has 4 saturated heterocycles. The Balaban J connectivity index is 0.000000201. The number of carbonyl (C=O) groups excluding carboxylic acids is 1. The monoisotopic (exact) mass is 971 g/mol. The van der Waals surface area contributed by atoms with Gasteiger partial charge in [0.05, 0.1) is 28.7 Å². The Hall–Kier alpha value is -3.46. The number of rotatable bonds is 7. The summed E-state index contributed by atoms with van der Waals surface area (Å²) in [5.74, 6) is -1.85. The second-order valence-corrected chi connectivity index (χ2v) is 21.3. The zero-order chi connectivity index (χ0) is 47.0. The predicted octanol–water partition coefficient (Wildman–Crippen LogP) is 8.40. The number of carbonyl (C=O) groups is 2. The standard InChI is InChI=1S/C29H41N3O3.C27H37N3O3.Na.H2O/c1-2-35-29(34)27-28(33)32(26-16-12-11-15-25(26)30-27)24-19-22-17-18-23(20-24)31(22)21-13-9-7-5-3-4-6-8-10-14-21;31-26-25(27(32)33)28-23-13-9-10-14-24(23)30(26)22-17-20-15-16-21(18-22)29(20)19-11-7-5-3-1-2-4-6-8-12-19;;/h11-12,15-16,21-24H,2-10,13-14,17-20H2,1H3;9-10,13-14,19-22H,1-8,11-12,15-18H2,(H,32,33);;1H2/q;;+1;/p-1/t22-,23+,24?;20-,21+,22?;;. The quantitative estimate of drug-likeness (QED) is 0.139. The van der Waals surface area contributed by atoms with E-state index in [0.29, 0.717) is 47.3 Å². The summed E-state index contributed by atoms with van der Waals surface area (Å²) < 4.78 is 8.83. The Morgan fingerprint density at radius 1 is 0.500 bits per heavy atom. The molecule has 2 aliphatic carbocycles. The topological polar surface area (TPSA) is 170 Å². The number of piperidine rings is 2. The second kappa shape index (κ2) is 26.0. The van der Waals surface area contributed by atoms with Gasteiger partial charge in [0.1, 0.15) is 0 Å². The van der Waals surface area contributed by atoms with Crippen molar-refractivity contribution in [1.29, 1.82) is 0 Å². The molecule has 0 amide bonds. The Morgan fingerprint density at radius 3 is 1.19 bits per heavy atom. The van der Waals surface area contributed by atoms with E-state index >= 15 is 0 Å². The van der Waals surface area contributed by atoms with Crippen molar-refractivity contribution in [3.63, 3.8) is 0 Å². The minimum absolute atomic E-state index is 0. The van der Waals surface area contributed by atoms with E-state index in [1.807, 2.05) is 53.1 Å². The zero-order valence-corrected chi connectivity index (χ0v) is 44.4. The molecule has 376 valence electrons. The van der Waals surface area contributed by atoms with Gasteiger partial charge in [-0.15, -0.1) is 0 Å². The van der Waals surface area contributed by atoms with E-state index in [9.17, 15) is 24.3 Å². The third kappa shape index (κ3) is 12.3. The van der Waals surface area contributed by atoms with Crippen molar-refractivity contribution in [3.8, 4) is 0 Å². The van der Waals surface area contributed by atoms with Crippen LogP contribution in [0, 0.1) is 0 Å². The van der Waals surface area contributed by atoms with Gasteiger partial charge in [-0.25, -0.2) is 19.6 Å². The maximum atomic E-state index is 13.6. The zero-order valence-electron chi connectivity index (χ0n) is 42.4. The van der Waals surface area contributed by atoms with Crippen molar-refractivity contribution in [2.75, 3.05) is 6.61 Å². The number of ether oxygens (including phenoxy) is 1. The summed E-state index contributed by atoms with van der Waals surface area (Å²) >= 11 is 0. The van der Waals surface area contributed by atoms with E-state index in [-0.39, 0.29) is 70.7 Å². The molecule has 6 fully saturated rings. The van der Waals surface area contributed by atoms with Crippen molar-refractivity contribution in [1.82, 2.24) is 28.9 Å². The van der Waals surface area contributed by atoms with E-state index in [0.717, 1.165) is 36.7 Å². The van der Waals surface area contributed by atoms with Crippen LogP contribution in [0.4, 0.5) is 0 Å². The fraction of sp³-hybridized carbons (Fsp3) is 0.679. The number of aromatic nitrogens is 4.